The maximum atomic E-state index is 4.58. The molecule has 2 aromatic carbocycles. The van der Waals surface area contributed by atoms with Crippen LogP contribution in [0, 0.1) is 0 Å². The number of nitrogens with one attached hydrogen (secondary N) is 2. The van der Waals surface area contributed by atoms with E-state index in [1.54, 1.807) is 0 Å². The van der Waals surface area contributed by atoms with Crippen molar-refractivity contribution in [1.29, 1.82) is 0 Å². The Morgan fingerprint density at radius 2 is 1.00 bits per heavy atom. The fraction of sp³-hybridized carbons (Fsp3) is 0.222. The lowest BCUT2D eigenvalue weighted by Crippen LogP contribution is -2.22. The minimum absolute atomic E-state index is 0.847. The first kappa shape index (κ1) is 13.1. The molecule has 2 aromatic rings. The second kappa shape index (κ2) is 5.64. The summed E-state index contributed by atoms with van der Waals surface area (Å²) in [4.78, 5) is 9.16. The van der Waals surface area contributed by atoms with E-state index in [0.717, 1.165) is 49.0 Å². The van der Waals surface area contributed by atoms with Crippen LogP contribution in [-0.4, -0.2) is 37.9 Å². The van der Waals surface area contributed by atoms with Gasteiger partial charge in [-0.15, -0.1) is 0 Å². The van der Waals surface area contributed by atoms with Gasteiger partial charge in [0.25, 0.3) is 0 Å². The van der Waals surface area contributed by atoms with Crippen LogP contribution in [0.4, 0.5) is 0 Å². The second-order valence-electron chi connectivity index (χ2n) is 5.41. The van der Waals surface area contributed by atoms with Crippen molar-refractivity contribution in [2.75, 3.05) is 26.2 Å². The Bertz CT molecular complexity index is 696. The highest BCUT2D eigenvalue weighted by molar-refractivity contribution is 6.10. The third-order valence-corrected chi connectivity index (χ3v) is 4.00. The molecule has 4 rings (SSSR count). The molecule has 2 aliphatic rings. The summed E-state index contributed by atoms with van der Waals surface area (Å²) in [5, 5.41) is 6.75. The van der Waals surface area contributed by atoms with Gasteiger partial charge in [-0.05, 0) is 11.1 Å². The van der Waals surface area contributed by atoms with Crippen molar-refractivity contribution in [2.24, 2.45) is 9.98 Å². The topological polar surface area (TPSA) is 48.8 Å². The summed E-state index contributed by atoms with van der Waals surface area (Å²) >= 11 is 0. The zero-order chi connectivity index (χ0) is 14.8. The SMILES string of the molecule is c1ccc(-c2ccccc2C2=NCCN2)c(C2=NCCN2)c1. The second-order valence-corrected chi connectivity index (χ2v) is 5.41. The van der Waals surface area contributed by atoms with Gasteiger partial charge in [-0.1, -0.05) is 48.5 Å². The minimum atomic E-state index is 0.847. The van der Waals surface area contributed by atoms with Crippen molar-refractivity contribution in [3.63, 3.8) is 0 Å². The summed E-state index contributed by atoms with van der Waals surface area (Å²) in [5.74, 6) is 1.98. The summed E-state index contributed by atoms with van der Waals surface area (Å²) in [6.07, 6.45) is 0. The Hall–Kier alpha value is -2.62. The summed E-state index contributed by atoms with van der Waals surface area (Å²) in [6, 6.07) is 16.9. The monoisotopic (exact) mass is 290 g/mol. The first-order valence-corrected chi connectivity index (χ1v) is 7.69. The molecule has 0 fully saturated rings. The van der Waals surface area contributed by atoms with Gasteiger partial charge in [0.15, 0.2) is 0 Å². The standard InChI is InChI=1S/C18H18N4/c1-3-7-15(17-19-9-10-20-17)13(5-1)14-6-2-4-8-16(14)18-21-11-12-22-18/h1-8H,9-12H2,(H,19,20)(H,21,22). The van der Waals surface area contributed by atoms with Gasteiger partial charge in [-0.2, -0.15) is 0 Å². The van der Waals surface area contributed by atoms with Gasteiger partial charge >= 0.3 is 0 Å². The van der Waals surface area contributed by atoms with E-state index in [9.17, 15) is 0 Å². The number of hydrogen-bond donors (Lipinski definition) is 2. The molecule has 0 bridgehead atoms. The molecular formula is C18H18N4. The van der Waals surface area contributed by atoms with Crippen LogP contribution in [0.15, 0.2) is 58.5 Å². The lowest BCUT2D eigenvalue weighted by atomic mass is 9.94. The lowest BCUT2D eigenvalue weighted by Gasteiger charge is -2.14. The molecular weight excluding hydrogens is 272 g/mol. The molecule has 2 aliphatic heterocycles. The largest absolute Gasteiger partial charge is 0.368 e. The van der Waals surface area contributed by atoms with Crippen molar-refractivity contribution in [3.8, 4) is 11.1 Å². The van der Waals surface area contributed by atoms with Crippen LogP contribution in [0.3, 0.4) is 0 Å². The highest BCUT2D eigenvalue weighted by Crippen LogP contribution is 2.28. The van der Waals surface area contributed by atoms with E-state index in [2.05, 4.69) is 69.1 Å². The van der Waals surface area contributed by atoms with Crippen molar-refractivity contribution in [1.82, 2.24) is 10.6 Å². The van der Waals surface area contributed by atoms with Crippen molar-refractivity contribution in [3.05, 3.63) is 59.7 Å². The van der Waals surface area contributed by atoms with Crippen molar-refractivity contribution >= 4 is 11.7 Å². The normalized spacial score (nSPS) is 16.7. The van der Waals surface area contributed by atoms with Gasteiger partial charge in [-0.3, -0.25) is 9.98 Å². The third kappa shape index (κ3) is 2.26. The molecule has 4 nitrogen and oxygen atoms in total. The van der Waals surface area contributed by atoms with E-state index in [1.165, 1.54) is 11.1 Å². The smallest absolute Gasteiger partial charge is 0.129 e. The predicted octanol–water partition coefficient (Wildman–Crippen LogP) is 2.05. The molecule has 0 atom stereocenters. The molecule has 0 aliphatic carbocycles. The molecule has 4 heteroatoms. The maximum Gasteiger partial charge on any atom is 0.129 e. The van der Waals surface area contributed by atoms with Crippen LogP contribution in [-0.2, 0) is 0 Å². The Morgan fingerprint density at radius 3 is 1.36 bits per heavy atom. The van der Waals surface area contributed by atoms with Gasteiger partial charge in [-0.25, -0.2) is 0 Å². The molecule has 110 valence electrons. The molecule has 22 heavy (non-hydrogen) atoms. The van der Waals surface area contributed by atoms with Gasteiger partial charge in [0, 0.05) is 24.2 Å². The Morgan fingerprint density at radius 1 is 0.591 bits per heavy atom. The van der Waals surface area contributed by atoms with E-state index < -0.39 is 0 Å². The molecule has 0 saturated heterocycles. The fourth-order valence-corrected chi connectivity index (χ4v) is 3.01. The quantitative estimate of drug-likeness (QED) is 0.909. The van der Waals surface area contributed by atoms with E-state index in [4.69, 9.17) is 0 Å². The summed E-state index contributed by atoms with van der Waals surface area (Å²) < 4.78 is 0. The average Bonchev–Trinajstić information content (AvgIpc) is 3.28. The molecule has 0 aromatic heterocycles. The number of benzene rings is 2. The molecule has 0 spiro atoms. The van der Waals surface area contributed by atoms with Gasteiger partial charge in [0.05, 0.1) is 13.1 Å². The van der Waals surface area contributed by atoms with E-state index in [-0.39, 0.29) is 0 Å². The van der Waals surface area contributed by atoms with Crippen LogP contribution >= 0.6 is 0 Å². The number of amidine groups is 2. The molecule has 0 radical (unpaired) electrons. The highest BCUT2D eigenvalue weighted by atomic mass is 15.1. The number of aliphatic imine (C=N–C) groups is 2. The van der Waals surface area contributed by atoms with Crippen LogP contribution in [0.25, 0.3) is 11.1 Å². The zero-order valence-corrected chi connectivity index (χ0v) is 12.3. The van der Waals surface area contributed by atoms with Crippen molar-refractivity contribution in [2.45, 2.75) is 0 Å². The molecule has 0 amide bonds. The van der Waals surface area contributed by atoms with E-state index in [1.807, 2.05) is 0 Å². The molecule has 2 N–H and O–H groups in total. The molecule has 0 saturated carbocycles. The highest BCUT2D eigenvalue weighted by Gasteiger charge is 2.18. The number of hydrogen-bond acceptors (Lipinski definition) is 4. The molecule has 0 unspecified atom stereocenters. The fourth-order valence-electron chi connectivity index (χ4n) is 3.01. The third-order valence-electron chi connectivity index (χ3n) is 4.00. The van der Waals surface area contributed by atoms with Crippen LogP contribution in [0.2, 0.25) is 0 Å². The summed E-state index contributed by atoms with van der Waals surface area (Å²) in [5.41, 5.74) is 4.71. The van der Waals surface area contributed by atoms with Gasteiger partial charge in [0.2, 0.25) is 0 Å². The van der Waals surface area contributed by atoms with E-state index >= 15 is 0 Å². The lowest BCUT2D eigenvalue weighted by molar-refractivity contribution is 0.960. The predicted molar refractivity (Wildman–Crippen MR) is 90.7 cm³/mol. The first-order chi connectivity index (χ1) is 10.9. The Labute approximate surface area is 130 Å². The molecule has 2 heterocycles. The minimum Gasteiger partial charge on any atom is -0.368 e. The van der Waals surface area contributed by atoms with Crippen LogP contribution < -0.4 is 10.6 Å². The summed E-state index contributed by atoms with van der Waals surface area (Å²) in [6.45, 7) is 3.53. The zero-order valence-electron chi connectivity index (χ0n) is 12.3. The van der Waals surface area contributed by atoms with Crippen LogP contribution in [0.1, 0.15) is 11.1 Å². The van der Waals surface area contributed by atoms with E-state index in [0.29, 0.717) is 0 Å². The summed E-state index contributed by atoms with van der Waals surface area (Å²) in [7, 11) is 0. The van der Waals surface area contributed by atoms with Crippen LogP contribution in [0.5, 0.6) is 0 Å². The van der Waals surface area contributed by atoms with Crippen molar-refractivity contribution < 1.29 is 0 Å². The Balaban J connectivity index is 1.86. The maximum absolute atomic E-state index is 4.58. The average molecular weight is 290 g/mol. The van der Waals surface area contributed by atoms with Gasteiger partial charge < -0.3 is 10.6 Å². The number of nitrogens with zero attached hydrogens (tertiary/aromatic N) is 2. The van der Waals surface area contributed by atoms with Gasteiger partial charge in [0.1, 0.15) is 11.7 Å². The Kier molecular flexibility index (Phi) is 3.35. The first-order valence-electron chi connectivity index (χ1n) is 7.69. The number of rotatable bonds is 3.